The fourth-order valence-corrected chi connectivity index (χ4v) is 3.65. The molecule has 0 saturated heterocycles. The van der Waals surface area contributed by atoms with Gasteiger partial charge in [-0.1, -0.05) is 11.1 Å². The molecule has 9 heteroatoms. The van der Waals surface area contributed by atoms with Gasteiger partial charge in [0.05, 0.1) is 9.64 Å². The second-order valence-corrected chi connectivity index (χ2v) is 9.34. The van der Waals surface area contributed by atoms with E-state index in [-0.39, 0.29) is 5.91 Å². The number of hydrogen-bond donors (Lipinski definition) is 3. The molecule has 0 saturated carbocycles. The molecule has 0 radical (unpaired) electrons. The van der Waals surface area contributed by atoms with Crippen LogP contribution < -0.4 is 16.0 Å². The fraction of sp³-hybridized carbons (Fsp3) is 0.450. The number of carbonyl (C=O) groups excluding carboxylic acids is 1. The third kappa shape index (κ3) is 5.44. The zero-order valence-corrected chi connectivity index (χ0v) is 18.3. The monoisotopic (exact) mass is 413 g/mol. The van der Waals surface area contributed by atoms with E-state index in [1.54, 1.807) is 0 Å². The standard InChI is InChI=1S/C20H27N7OS/c1-12(2)13(3)7-6-10-21-18-22-11-23-19(27-18)25-15-9-8-14-16(24-15)26-17(28)20(4,5)29-14/h8-9,11H,6-7,10H2,1-5H3,(H3,21,22,23,24,25,26,27,28). The van der Waals surface area contributed by atoms with Gasteiger partial charge in [0, 0.05) is 6.54 Å². The maximum Gasteiger partial charge on any atom is 0.241 e. The molecule has 2 aromatic rings. The summed E-state index contributed by atoms with van der Waals surface area (Å²) in [6.45, 7) is 11.0. The van der Waals surface area contributed by atoms with Crippen molar-refractivity contribution >= 4 is 41.2 Å². The third-order valence-electron chi connectivity index (χ3n) is 4.68. The Bertz CT molecular complexity index is 938. The summed E-state index contributed by atoms with van der Waals surface area (Å²) < 4.78 is -0.511. The Kier molecular flexibility index (Phi) is 6.36. The van der Waals surface area contributed by atoms with Gasteiger partial charge in [-0.3, -0.25) is 4.79 Å². The molecule has 0 aromatic carbocycles. The first kappa shape index (κ1) is 21.0. The summed E-state index contributed by atoms with van der Waals surface area (Å²) in [5.74, 6) is 1.95. The zero-order valence-electron chi connectivity index (χ0n) is 17.5. The summed E-state index contributed by atoms with van der Waals surface area (Å²) in [7, 11) is 0. The van der Waals surface area contributed by atoms with E-state index in [9.17, 15) is 4.79 Å². The maximum absolute atomic E-state index is 12.2. The predicted octanol–water partition coefficient (Wildman–Crippen LogP) is 4.38. The molecule has 1 amide bonds. The first-order chi connectivity index (χ1) is 13.7. The van der Waals surface area contributed by atoms with Gasteiger partial charge in [0.15, 0.2) is 0 Å². The summed E-state index contributed by atoms with van der Waals surface area (Å²) in [6, 6.07) is 3.78. The lowest BCUT2D eigenvalue weighted by Crippen LogP contribution is -2.37. The lowest BCUT2D eigenvalue weighted by atomic mass is 10.1. The molecule has 0 aliphatic carbocycles. The Balaban J connectivity index is 1.61. The van der Waals surface area contributed by atoms with Crippen LogP contribution in [-0.4, -0.2) is 37.1 Å². The van der Waals surface area contributed by atoms with Crippen molar-refractivity contribution in [2.75, 3.05) is 22.5 Å². The highest BCUT2D eigenvalue weighted by Gasteiger charge is 2.35. The van der Waals surface area contributed by atoms with Crippen LogP contribution in [0.5, 0.6) is 0 Å². The largest absolute Gasteiger partial charge is 0.354 e. The highest BCUT2D eigenvalue weighted by Crippen LogP contribution is 2.41. The summed E-state index contributed by atoms with van der Waals surface area (Å²) >= 11 is 1.50. The molecule has 0 atom stereocenters. The number of nitrogens with zero attached hydrogens (tertiary/aromatic N) is 4. The Labute approximate surface area is 175 Å². The lowest BCUT2D eigenvalue weighted by Gasteiger charge is -2.29. The van der Waals surface area contributed by atoms with E-state index in [1.807, 2.05) is 26.0 Å². The molecule has 154 valence electrons. The average Bonchev–Trinajstić information content (AvgIpc) is 2.66. The average molecular weight is 414 g/mol. The summed E-state index contributed by atoms with van der Waals surface area (Å²) in [5, 5.41) is 9.16. The fourth-order valence-electron chi connectivity index (χ4n) is 2.63. The molecule has 2 aromatic heterocycles. The van der Waals surface area contributed by atoms with Gasteiger partial charge >= 0.3 is 0 Å². The topological polar surface area (TPSA) is 105 Å². The van der Waals surface area contributed by atoms with Crippen LogP contribution in [0, 0.1) is 0 Å². The van der Waals surface area contributed by atoms with Crippen molar-refractivity contribution in [3.8, 4) is 0 Å². The van der Waals surface area contributed by atoms with Crippen LogP contribution in [0.2, 0.25) is 0 Å². The summed E-state index contributed by atoms with van der Waals surface area (Å²) in [4.78, 5) is 30.3. The van der Waals surface area contributed by atoms with Crippen LogP contribution in [0.1, 0.15) is 47.5 Å². The number of nitrogens with one attached hydrogen (secondary N) is 3. The number of aromatic nitrogens is 4. The van der Waals surface area contributed by atoms with Crippen molar-refractivity contribution in [3.63, 3.8) is 0 Å². The first-order valence-electron chi connectivity index (χ1n) is 9.59. The quantitative estimate of drug-likeness (QED) is 0.454. The van der Waals surface area contributed by atoms with E-state index < -0.39 is 4.75 Å². The number of pyridine rings is 1. The van der Waals surface area contributed by atoms with Crippen LogP contribution in [0.4, 0.5) is 23.5 Å². The van der Waals surface area contributed by atoms with Crippen LogP contribution in [0.3, 0.4) is 0 Å². The number of thioether (sulfide) groups is 1. The van der Waals surface area contributed by atoms with Gasteiger partial charge in [-0.25, -0.2) is 15.0 Å². The number of rotatable bonds is 7. The molecule has 3 heterocycles. The second kappa shape index (κ2) is 8.77. The van der Waals surface area contributed by atoms with Crippen LogP contribution in [-0.2, 0) is 4.79 Å². The van der Waals surface area contributed by atoms with Crippen molar-refractivity contribution in [2.45, 2.75) is 57.1 Å². The van der Waals surface area contributed by atoms with Crippen LogP contribution in [0.15, 0.2) is 34.5 Å². The lowest BCUT2D eigenvalue weighted by molar-refractivity contribution is -0.117. The van der Waals surface area contributed by atoms with Crippen molar-refractivity contribution in [1.29, 1.82) is 0 Å². The number of carbonyl (C=O) groups is 1. The van der Waals surface area contributed by atoms with Crippen molar-refractivity contribution in [3.05, 3.63) is 29.6 Å². The second-order valence-electron chi connectivity index (χ2n) is 7.68. The SMILES string of the molecule is CC(C)=C(C)CCCNc1ncnc(Nc2ccc3c(n2)NC(=O)C(C)(C)S3)n1. The highest BCUT2D eigenvalue weighted by molar-refractivity contribution is 8.01. The number of fused-ring (bicyclic) bond motifs is 1. The Morgan fingerprint density at radius 1 is 1.14 bits per heavy atom. The van der Waals surface area contributed by atoms with Crippen molar-refractivity contribution in [1.82, 2.24) is 19.9 Å². The number of anilines is 4. The summed E-state index contributed by atoms with van der Waals surface area (Å²) in [5.41, 5.74) is 2.78. The highest BCUT2D eigenvalue weighted by atomic mass is 32.2. The Morgan fingerprint density at radius 2 is 1.90 bits per heavy atom. The smallest absolute Gasteiger partial charge is 0.241 e. The van der Waals surface area contributed by atoms with Crippen LogP contribution >= 0.6 is 11.8 Å². The molecular formula is C20H27N7OS. The molecule has 1 aliphatic heterocycles. The molecule has 3 rings (SSSR count). The van der Waals surface area contributed by atoms with E-state index in [0.29, 0.717) is 23.5 Å². The van der Waals surface area contributed by atoms with Gasteiger partial charge in [-0.05, 0) is 59.6 Å². The van der Waals surface area contributed by atoms with Crippen molar-refractivity contribution in [2.24, 2.45) is 0 Å². The van der Waals surface area contributed by atoms with Gasteiger partial charge in [-0.15, -0.1) is 11.8 Å². The minimum Gasteiger partial charge on any atom is -0.354 e. The van der Waals surface area contributed by atoms with Gasteiger partial charge in [-0.2, -0.15) is 4.98 Å². The molecule has 0 fully saturated rings. The number of allylic oxidation sites excluding steroid dienone is 2. The zero-order chi connectivity index (χ0) is 21.0. The Morgan fingerprint density at radius 3 is 2.66 bits per heavy atom. The van der Waals surface area contributed by atoms with Gasteiger partial charge in [0.2, 0.25) is 17.8 Å². The molecular weight excluding hydrogens is 386 g/mol. The molecule has 8 nitrogen and oxygen atoms in total. The van der Waals surface area contributed by atoms with E-state index in [2.05, 4.69) is 56.7 Å². The van der Waals surface area contributed by atoms with E-state index in [0.717, 1.165) is 24.3 Å². The van der Waals surface area contributed by atoms with Gasteiger partial charge in [0.25, 0.3) is 0 Å². The van der Waals surface area contributed by atoms with Crippen molar-refractivity contribution < 1.29 is 4.79 Å². The number of hydrogen-bond acceptors (Lipinski definition) is 8. The molecule has 1 aliphatic rings. The van der Waals surface area contributed by atoms with E-state index >= 15 is 0 Å². The molecule has 3 N–H and O–H groups in total. The number of amides is 1. The maximum atomic E-state index is 12.2. The molecule has 0 bridgehead atoms. The van der Waals surface area contributed by atoms with Gasteiger partial charge in [0.1, 0.15) is 18.0 Å². The first-order valence-corrected chi connectivity index (χ1v) is 10.4. The van der Waals surface area contributed by atoms with Crippen LogP contribution in [0.25, 0.3) is 0 Å². The van der Waals surface area contributed by atoms with Gasteiger partial charge < -0.3 is 16.0 Å². The third-order valence-corrected chi connectivity index (χ3v) is 5.92. The van der Waals surface area contributed by atoms with E-state index in [4.69, 9.17) is 0 Å². The normalized spacial score (nSPS) is 14.6. The molecule has 29 heavy (non-hydrogen) atoms. The summed E-state index contributed by atoms with van der Waals surface area (Å²) in [6.07, 6.45) is 3.51. The predicted molar refractivity (Wildman–Crippen MR) is 118 cm³/mol. The minimum absolute atomic E-state index is 0.0605. The molecule has 0 unspecified atom stereocenters. The Hall–Kier alpha value is -2.68. The van der Waals surface area contributed by atoms with E-state index in [1.165, 1.54) is 29.2 Å². The molecule has 0 spiro atoms. The minimum atomic E-state index is -0.511.